The minimum atomic E-state index is 0.923. The SMILES string of the molecule is S=C1CC=Cc2ccccc21. The maximum atomic E-state index is 5.21. The van der Waals surface area contributed by atoms with Gasteiger partial charge in [0.15, 0.2) is 0 Å². The third-order valence-corrected chi connectivity index (χ3v) is 2.25. The Morgan fingerprint density at radius 1 is 1.18 bits per heavy atom. The number of allylic oxidation sites excluding steroid dienone is 1. The summed E-state index contributed by atoms with van der Waals surface area (Å²) in [5.74, 6) is 0. The first-order chi connectivity index (χ1) is 5.38. The van der Waals surface area contributed by atoms with Gasteiger partial charge < -0.3 is 0 Å². The molecule has 0 spiro atoms. The molecular weight excluding hydrogens is 152 g/mol. The van der Waals surface area contributed by atoms with Crippen LogP contribution in [0, 0.1) is 0 Å². The first-order valence-corrected chi connectivity index (χ1v) is 4.07. The summed E-state index contributed by atoms with van der Waals surface area (Å²) in [5.41, 5.74) is 2.48. The summed E-state index contributed by atoms with van der Waals surface area (Å²) < 4.78 is 0. The molecule has 0 unspecified atom stereocenters. The van der Waals surface area contributed by atoms with Gasteiger partial charge in [0, 0.05) is 11.3 Å². The highest BCUT2D eigenvalue weighted by atomic mass is 32.1. The third kappa shape index (κ3) is 1.12. The number of rotatable bonds is 0. The maximum absolute atomic E-state index is 5.21. The van der Waals surface area contributed by atoms with Crippen molar-refractivity contribution in [3.63, 3.8) is 0 Å². The maximum Gasteiger partial charge on any atom is 0.0268 e. The Kier molecular flexibility index (Phi) is 1.59. The average molecular weight is 160 g/mol. The van der Waals surface area contributed by atoms with Gasteiger partial charge in [0.2, 0.25) is 0 Å². The van der Waals surface area contributed by atoms with Crippen molar-refractivity contribution >= 4 is 23.2 Å². The molecule has 0 heterocycles. The van der Waals surface area contributed by atoms with Crippen LogP contribution in [0.1, 0.15) is 17.5 Å². The van der Waals surface area contributed by atoms with Crippen LogP contribution in [0.3, 0.4) is 0 Å². The monoisotopic (exact) mass is 160 g/mol. The van der Waals surface area contributed by atoms with Crippen LogP contribution in [0.25, 0.3) is 6.08 Å². The molecule has 0 fully saturated rings. The van der Waals surface area contributed by atoms with E-state index in [1.165, 1.54) is 11.1 Å². The van der Waals surface area contributed by atoms with Crippen LogP contribution >= 0.6 is 12.2 Å². The zero-order valence-corrected chi connectivity index (χ0v) is 6.90. The fraction of sp³-hybridized carbons (Fsp3) is 0.100. The molecule has 0 amide bonds. The molecule has 1 heteroatoms. The van der Waals surface area contributed by atoms with Crippen molar-refractivity contribution in [1.29, 1.82) is 0 Å². The highest BCUT2D eigenvalue weighted by Crippen LogP contribution is 2.18. The lowest BCUT2D eigenvalue weighted by molar-refractivity contribution is 1.45. The van der Waals surface area contributed by atoms with E-state index < -0.39 is 0 Å². The molecule has 11 heavy (non-hydrogen) atoms. The zero-order chi connectivity index (χ0) is 7.68. The second-order valence-corrected chi connectivity index (χ2v) is 3.11. The fourth-order valence-corrected chi connectivity index (χ4v) is 1.58. The standard InChI is InChI=1S/C10H8S/c11-10-7-3-5-8-4-1-2-6-9(8)10/h1-6H,7H2. The van der Waals surface area contributed by atoms with E-state index in [1.807, 2.05) is 12.1 Å². The van der Waals surface area contributed by atoms with Crippen molar-refractivity contribution in [1.82, 2.24) is 0 Å². The van der Waals surface area contributed by atoms with E-state index in [1.54, 1.807) is 0 Å². The van der Waals surface area contributed by atoms with Gasteiger partial charge in [-0.25, -0.2) is 0 Å². The van der Waals surface area contributed by atoms with Gasteiger partial charge in [-0.1, -0.05) is 48.6 Å². The van der Waals surface area contributed by atoms with E-state index in [2.05, 4.69) is 24.3 Å². The van der Waals surface area contributed by atoms with E-state index in [0.29, 0.717) is 0 Å². The van der Waals surface area contributed by atoms with Gasteiger partial charge in [-0.05, 0) is 11.1 Å². The van der Waals surface area contributed by atoms with Crippen LogP contribution in [-0.4, -0.2) is 4.86 Å². The first kappa shape index (κ1) is 6.74. The van der Waals surface area contributed by atoms with Crippen LogP contribution < -0.4 is 0 Å². The summed E-state index contributed by atoms with van der Waals surface area (Å²) in [6, 6.07) is 8.25. The fourth-order valence-electron chi connectivity index (χ4n) is 1.30. The normalized spacial score (nSPS) is 14.7. The highest BCUT2D eigenvalue weighted by Gasteiger charge is 2.06. The topological polar surface area (TPSA) is 0 Å². The predicted octanol–water partition coefficient (Wildman–Crippen LogP) is 2.82. The van der Waals surface area contributed by atoms with Crippen LogP contribution in [0.4, 0.5) is 0 Å². The van der Waals surface area contributed by atoms with E-state index in [9.17, 15) is 0 Å². The molecule has 0 saturated heterocycles. The largest absolute Gasteiger partial charge is 0.0839 e. The van der Waals surface area contributed by atoms with E-state index in [0.717, 1.165) is 11.3 Å². The minimum Gasteiger partial charge on any atom is -0.0839 e. The smallest absolute Gasteiger partial charge is 0.0268 e. The molecule has 0 bridgehead atoms. The quantitative estimate of drug-likeness (QED) is 0.526. The predicted molar refractivity (Wildman–Crippen MR) is 51.8 cm³/mol. The van der Waals surface area contributed by atoms with E-state index in [-0.39, 0.29) is 0 Å². The third-order valence-electron chi connectivity index (χ3n) is 1.86. The van der Waals surface area contributed by atoms with Crippen LogP contribution in [0.5, 0.6) is 0 Å². The summed E-state index contributed by atoms with van der Waals surface area (Å²) in [6.45, 7) is 0. The molecule has 0 aliphatic heterocycles. The van der Waals surface area contributed by atoms with Crippen molar-refractivity contribution in [3.05, 3.63) is 41.5 Å². The van der Waals surface area contributed by atoms with E-state index in [4.69, 9.17) is 12.2 Å². The van der Waals surface area contributed by atoms with Gasteiger partial charge in [-0.2, -0.15) is 0 Å². The van der Waals surface area contributed by atoms with Gasteiger partial charge in [-0.3, -0.25) is 0 Å². The number of hydrogen-bond donors (Lipinski definition) is 0. The van der Waals surface area contributed by atoms with Gasteiger partial charge in [-0.15, -0.1) is 0 Å². The second kappa shape index (κ2) is 2.59. The number of benzene rings is 1. The van der Waals surface area contributed by atoms with Crippen molar-refractivity contribution in [2.45, 2.75) is 6.42 Å². The summed E-state index contributed by atoms with van der Waals surface area (Å²) in [4.78, 5) is 1.06. The molecular formula is C10H8S. The molecule has 0 nitrogen and oxygen atoms in total. The Bertz CT molecular complexity index is 323. The lowest BCUT2D eigenvalue weighted by atomic mass is 9.98. The zero-order valence-electron chi connectivity index (χ0n) is 6.08. The second-order valence-electron chi connectivity index (χ2n) is 2.62. The molecule has 0 saturated carbocycles. The average Bonchev–Trinajstić information content (AvgIpc) is 2.06. The molecule has 0 radical (unpaired) electrons. The molecule has 54 valence electrons. The van der Waals surface area contributed by atoms with Gasteiger partial charge in [0.25, 0.3) is 0 Å². The van der Waals surface area contributed by atoms with Gasteiger partial charge in [0.05, 0.1) is 0 Å². The van der Waals surface area contributed by atoms with Crippen molar-refractivity contribution in [2.24, 2.45) is 0 Å². The summed E-state index contributed by atoms with van der Waals surface area (Å²) >= 11 is 5.21. The highest BCUT2D eigenvalue weighted by molar-refractivity contribution is 7.80. The Morgan fingerprint density at radius 3 is 2.82 bits per heavy atom. The molecule has 0 atom stereocenters. The van der Waals surface area contributed by atoms with Crippen LogP contribution in [-0.2, 0) is 0 Å². The van der Waals surface area contributed by atoms with Crippen LogP contribution in [0.2, 0.25) is 0 Å². The molecule has 1 aromatic carbocycles. The van der Waals surface area contributed by atoms with Crippen molar-refractivity contribution in [2.75, 3.05) is 0 Å². The molecule has 0 N–H and O–H groups in total. The molecule has 1 aliphatic rings. The first-order valence-electron chi connectivity index (χ1n) is 3.67. The van der Waals surface area contributed by atoms with Crippen molar-refractivity contribution < 1.29 is 0 Å². The number of hydrogen-bond acceptors (Lipinski definition) is 1. The van der Waals surface area contributed by atoms with Gasteiger partial charge >= 0.3 is 0 Å². The lowest BCUT2D eigenvalue weighted by Gasteiger charge is -2.09. The Balaban J connectivity index is 2.63. The van der Waals surface area contributed by atoms with E-state index >= 15 is 0 Å². The lowest BCUT2D eigenvalue weighted by Crippen LogP contribution is -2.01. The number of thiocarbonyl (C=S) groups is 1. The molecule has 0 aromatic heterocycles. The summed E-state index contributed by atoms with van der Waals surface area (Å²) in [5, 5.41) is 0. The Morgan fingerprint density at radius 2 is 2.00 bits per heavy atom. The Labute approximate surface area is 71.6 Å². The van der Waals surface area contributed by atoms with Gasteiger partial charge in [0.1, 0.15) is 0 Å². The number of fused-ring (bicyclic) bond motifs is 1. The van der Waals surface area contributed by atoms with Crippen molar-refractivity contribution in [3.8, 4) is 0 Å². The summed E-state index contributed by atoms with van der Waals surface area (Å²) in [6.07, 6.45) is 5.17. The minimum absolute atomic E-state index is 0.923. The molecule has 2 rings (SSSR count). The Hall–Kier alpha value is -0.950. The molecule has 1 aliphatic carbocycles. The van der Waals surface area contributed by atoms with Crippen LogP contribution in [0.15, 0.2) is 30.3 Å². The molecule has 1 aromatic rings. The summed E-state index contributed by atoms with van der Waals surface area (Å²) in [7, 11) is 0.